The Bertz CT molecular complexity index is 1030. The van der Waals surface area contributed by atoms with Crippen LogP contribution in [0.4, 0.5) is 10.1 Å². The SMILES string of the molecule is CNC(=O)[C@@H](C)N(Cc1ccccc1F)C(=O)CN(c1ccccc1C)S(C)(=O)=O. The molecule has 0 saturated carbocycles. The van der Waals surface area contributed by atoms with E-state index in [9.17, 15) is 22.4 Å². The summed E-state index contributed by atoms with van der Waals surface area (Å²) in [5, 5.41) is 2.47. The highest BCUT2D eigenvalue weighted by molar-refractivity contribution is 7.92. The second-order valence-electron chi connectivity index (χ2n) is 6.96. The van der Waals surface area contributed by atoms with Crippen LogP contribution in [0.25, 0.3) is 0 Å². The van der Waals surface area contributed by atoms with Gasteiger partial charge in [-0.15, -0.1) is 0 Å². The Labute approximate surface area is 176 Å². The second kappa shape index (κ2) is 9.71. The molecule has 2 aromatic rings. The fourth-order valence-electron chi connectivity index (χ4n) is 3.04. The molecule has 0 aromatic heterocycles. The molecule has 0 aliphatic rings. The molecule has 9 heteroatoms. The van der Waals surface area contributed by atoms with Gasteiger partial charge in [0, 0.05) is 19.2 Å². The average Bonchev–Trinajstić information content (AvgIpc) is 2.70. The topological polar surface area (TPSA) is 86.8 Å². The minimum absolute atomic E-state index is 0.175. The number of likely N-dealkylation sites (N-methyl/N-ethyl adjacent to an activating group) is 1. The van der Waals surface area contributed by atoms with Crippen LogP contribution < -0.4 is 9.62 Å². The van der Waals surface area contributed by atoms with Crippen LogP contribution in [0, 0.1) is 12.7 Å². The van der Waals surface area contributed by atoms with Gasteiger partial charge in [-0.1, -0.05) is 36.4 Å². The van der Waals surface area contributed by atoms with Crippen molar-refractivity contribution in [2.24, 2.45) is 0 Å². The van der Waals surface area contributed by atoms with Crippen molar-refractivity contribution >= 4 is 27.5 Å². The molecule has 0 unspecified atom stereocenters. The van der Waals surface area contributed by atoms with Crippen molar-refractivity contribution in [2.75, 3.05) is 24.2 Å². The molecular formula is C21H26FN3O4S. The normalized spacial score (nSPS) is 12.2. The summed E-state index contributed by atoms with van der Waals surface area (Å²) in [5.41, 5.74) is 1.27. The number of nitrogens with one attached hydrogen (secondary N) is 1. The van der Waals surface area contributed by atoms with E-state index in [0.29, 0.717) is 11.3 Å². The summed E-state index contributed by atoms with van der Waals surface area (Å²) in [4.78, 5) is 26.6. The molecule has 0 saturated heterocycles. The average molecular weight is 436 g/mol. The lowest BCUT2D eigenvalue weighted by Crippen LogP contribution is -2.50. The molecule has 0 aliphatic carbocycles. The lowest BCUT2D eigenvalue weighted by atomic mass is 10.1. The van der Waals surface area contributed by atoms with Gasteiger partial charge in [-0.2, -0.15) is 0 Å². The number of para-hydroxylation sites is 1. The van der Waals surface area contributed by atoms with E-state index in [1.165, 1.54) is 37.1 Å². The Morgan fingerprint density at radius 3 is 2.27 bits per heavy atom. The first-order valence-electron chi connectivity index (χ1n) is 9.34. The van der Waals surface area contributed by atoms with Crippen LogP contribution in [0.2, 0.25) is 0 Å². The number of amides is 2. The number of carbonyl (C=O) groups is 2. The number of aryl methyl sites for hydroxylation is 1. The molecule has 0 heterocycles. The van der Waals surface area contributed by atoms with E-state index in [2.05, 4.69) is 5.32 Å². The van der Waals surface area contributed by atoms with Crippen LogP contribution in [0.1, 0.15) is 18.1 Å². The first-order chi connectivity index (χ1) is 14.1. The Kier molecular flexibility index (Phi) is 7.55. The van der Waals surface area contributed by atoms with E-state index in [4.69, 9.17) is 0 Å². The summed E-state index contributed by atoms with van der Waals surface area (Å²) in [7, 11) is -2.36. The van der Waals surface area contributed by atoms with Crippen LogP contribution in [0.15, 0.2) is 48.5 Å². The highest BCUT2D eigenvalue weighted by Crippen LogP contribution is 2.23. The summed E-state index contributed by atoms with van der Waals surface area (Å²) in [5.74, 6) is -1.58. The van der Waals surface area contributed by atoms with Crippen molar-refractivity contribution < 1.29 is 22.4 Å². The maximum Gasteiger partial charge on any atom is 0.244 e. The fraction of sp³-hybridized carbons (Fsp3) is 0.333. The fourth-order valence-corrected chi connectivity index (χ4v) is 3.95. The molecule has 1 atom stereocenters. The van der Waals surface area contributed by atoms with E-state index < -0.39 is 40.2 Å². The monoisotopic (exact) mass is 435 g/mol. The van der Waals surface area contributed by atoms with E-state index in [1.54, 1.807) is 37.3 Å². The summed E-state index contributed by atoms with van der Waals surface area (Å²) >= 11 is 0. The van der Waals surface area contributed by atoms with Gasteiger partial charge in [0.05, 0.1) is 11.9 Å². The number of hydrogen-bond donors (Lipinski definition) is 1. The Morgan fingerprint density at radius 1 is 1.10 bits per heavy atom. The van der Waals surface area contributed by atoms with E-state index in [-0.39, 0.29) is 12.1 Å². The lowest BCUT2D eigenvalue weighted by molar-refractivity contribution is -0.139. The van der Waals surface area contributed by atoms with Gasteiger partial charge in [0.1, 0.15) is 18.4 Å². The van der Waals surface area contributed by atoms with Crippen molar-refractivity contribution in [1.29, 1.82) is 0 Å². The Morgan fingerprint density at radius 2 is 1.70 bits per heavy atom. The minimum atomic E-state index is -3.79. The van der Waals surface area contributed by atoms with E-state index in [1.807, 2.05) is 0 Å². The van der Waals surface area contributed by atoms with Crippen molar-refractivity contribution in [1.82, 2.24) is 10.2 Å². The first-order valence-corrected chi connectivity index (χ1v) is 11.2. The first kappa shape index (κ1) is 23.3. The summed E-state index contributed by atoms with van der Waals surface area (Å²) in [6.07, 6.45) is 1.01. The van der Waals surface area contributed by atoms with Gasteiger partial charge < -0.3 is 10.2 Å². The van der Waals surface area contributed by atoms with Crippen molar-refractivity contribution in [3.8, 4) is 0 Å². The number of hydrogen-bond acceptors (Lipinski definition) is 4. The van der Waals surface area contributed by atoms with E-state index >= 15 is 0 Å². The van der Waals surface area contributed by atoms with Crippen LogP contribution in [0.3, 0.4) is 0 Å². The summed E-state index contributed by atoms with van der Waals surface area (Å²) in [6.45, 7) is 2.56. The highest BCUT2D eigenvalue weighted by Gasteiger charge is 2.30. The van der Waals surface area contributed by atoms with Gasteiger partial charge in [0.25, 0.3) is 0 Å². The quantitative estimate of drug-likeness (QED) is 0.688. The summed E-state index contributed by atoms with van der Waals surface area (Å²) < 4.78 is 40.0. The third-order valence-electron chi connectivity index (χ3n) is 4.78. The molecule has 7 nitrogen and oxygen atoms in total. The number of rotatable bonds is 8. The molecule has 30 heavy (non-hydrogen) atoms. The van der Waals surface area contributed by atoms with Crippen molar-refractivity contribution in [2.45, 2.75) is 26.4 Å². The third kappa shape index (κ3) is 5.56. The van der Waals surface area contributed by atoms with Gasteiger partial charge in [-0.3, -0.25) is 13.9 Å². The van der Waals surface area contributed by atoms with Gasteiger partial charge >= 0.3 is 0 Å². The number of carbonyl (C=O) groups excluding carboxylic acids is 2. The molecule has 0 fully saturated rings. The second-order valence-corrected chi connectivity index (χ2v) is 8.87. The number of benzene rings is 2. The van der Waals surface area contributed by atoms with Crippen molar-refractivity contribution in [3.63, 3.8) is 0 Å². The number of nitrogens with zero attached hydrogens (tertiary/aromatic N) is 2. The minimum Gasteiger partial charge on any atom is -0.357 e. The molecule has 162 valence electrons. The maximum atomic E-state index is 14.2. The van der Waals surface area contributed by atoms with Gasteiger partial charge in [0.15, 0.2) is 0 Å². The molecular weight excluding hydrogens is 409 g/mol. The number of sulfonamides is 1. The van der Waals surface area contributed by atoms with Crippen LogP contribution in [0.5, 0.6) is 0 Å². The van der Waals surface area contributed by atoms with E-state index in [0.717, 1.165) is 10.6 Å². The lowest BCUT2D eigenvalue weighted by Gasteiger charge is -2.31. The largest absolute Gasteiger partial charge is 0.357 e. The molecule has 2 aromatic carbocycles. The summed E-state index contributed by atoms with van der Waals surface area (Å²) in [6, 6.07) is 11.8. The number of anilines is 1. The van der Waals surface area contributed by atoms with Gasteiger partial charge in [0.2, 0.25) is 21.8 Å². The molecule has 0 bridgehead atoms. The van der Waals surface area contributed by atoms with Gasteiger partial charge in [-0.25, -0.2) is 12.8 Å². The standard InChI is InChI=1S/C21H26FN3O4S/c1-15-9-5-8-12-19(15)25(30(4,28)29)14-20(26)24(16(2)21(27)23-3)13-17-10-6-7-11-18(17)22/h5-12,16H,13-14H2,1-4H3,(H,23,27)/t16-/m1/s1. The van der Waals surface area contributed by atoms with Crippen LogP contribution in [-0.4, -0.2) is 51.0 Å². The third-order valence-corrected chi connectivity index (χ3v) is 5.90. The van der Waals surface area contributed by atoms with Crippen LogP contribution >= 0.6 is 0 Å². The molecule has 0 radical (unpaired) electrons. The molecule has 2 amide bonds. The van der Waals surface area contributed by atoms with Crippen LogP contribution in [-0.2, 0) is 26.2 Å². The zero-order valence-electron chi connectivity index (χ0n) is 17.4. The predicted octanol–water partition coefficient (Wildman–Crippen LogP) is 2.06. The Balaban J connectivity index is 2.41. The van der Waals surface area contributed by atoms with Crippen molar-refractivity contribution in [3.05, 3.63) is 65.5 Å². The predicted molar refractivity (Wildman–Crippen MR) is 114 cm³/mol. The molecule has 1 N–H and O–H groups in total. The molecule has 0 spiro atoms. The Hall–Kier alpha value is -2.94. The highest BCUT2D eigenvalue weighted by atomic mass is 32.2. The van der Waals surface area contributed by atoms with Gasteiger partial charge in [-0.05, 0) is 31.5 Å². The molecule has 0 aliphatic heterocycles. The maximum absolute atomic E-state index is 14.2. The zero-order chi connectivity index (χ0) is 22.5. The number of halogens is 1. The zero-order valence-corrected chi connectivity index (χ0v) is 18.2. The smallest absolute Gasteiger partial charge is 0.244 e. The molecule has 2 rings (SSSR count).